The quantitative estimate of drug-likeness (QED) is 0.867. The minimum Gasteiger partial charge on any atom is -0.340 e. The lowest BCUT2D eigenvalue weighted by Crippen LogP contribution is -2.68. The number of carbonyl (C=O) groups is 1. The van der Waals surface area contributed by atoms with Gasteiger partial charge in [0, 0.05) is 13.5 Å². The highest BCUT2D eigenvalue weighted by atomic mass is 16.5. The highest BCUT2D eigenvalue weighted by Crippen LogP contribution is 2.42. The minimum atomic E-state index is -0.927. The average molecular weight is 312 g/mol. The molecular weight excluding hydrogens is 288 g/mol. The normalized spacial score (nSPS) is 26.1. The number of terminal acetylenes is 1. The predicted molar refractivity (Wildman–Crippen MR) is 90.9 cm³/mol. The van der Waals surface area contributed by atoms with Gasteiger partial charge in [-0.15, -0.1) is 6.42 Å². The van der Waals surface area contributed by atoms with Gasteiger partial charge < -0.3 is 10.1 Å². The van der Waals surface area contributed by atoms with Gasteiger partial charge in [-0.25, -0.2) is 0 Å². The molecule has 0 saturated heterocycles. The van der Waals surface area contributed by atoms with Crippen molar-refractivity contribution in [1.82, 2.24) is 4.90 Å². The molecule has 1 atom stereocenters. The number of hydrogen-bond donors (Lipinski definition) is 1. The summed E-state index contributed by atoms with van der Waals surface area (Å²) >= 11 is 0. The van der Waals surface area contributed by atoms with Crippen LogP contribution in [0.2, 0.25) is 0 Å². The predicted octanol–water partition coefficient (Wildman–Crippen LogP) is 3.60. The van der Waals surface area contributed by atoms with Crippen molar-refractivity contribution in [3.8, 4) is 12.3 Å². The number of ether oxygens (including phenoxy) is 1. The molecule has 1 fully saturated rings. The highest BCUT2D eigenvalue weighted by molar-refractivity contribution is 6.02. The standard InChI is InChI=1S/C19H24N2O2/c1-4-19(13-9-6-10-14-19)21-17(22)15-11-7-8-12-16(15)20-18(21,3)23-5-2/h1,7-8,11-12,20H,5-6,9-10,13-14H2,2-3H3. The van der Waals surface area contributed by atoms with Crippen LogP contribution in [-0.4, -0.2) is 28.8 Å². The third kappa shape index (κ3) is 2.49. The maximum Gasteiger partial charge on any atom is 0.260 e. The van der Waals surface area contributed by atoms with E-state index in [1.54, 1.807) is 4.90 Å². The van der Waals surface area contributed by atoms with Gasteiger partial charge >= 0.3 is 0 Å². The van der Waals surface area contributed by atoms with Crippen LogP contribution in [-0.2, 0) is 4.74 Å². The number of benzene rings is 1. The number of anilines is 1. The second-order valence-electron chi connectivity index (χ2n) is 6.46. The fraction of sp³-hybridized carbons (Fsp3) is 0.526. The fourth-order valence-electron chi connectivity index (χ4n) is 3.95. The van der Waals surface area contributed by atoms with E-state index < -0.39 is 11.4 Å². The summed E-state index contributed by atoms with van der Waals surface area (Å²) in [6.45, 7) is 4.33. The maximum atomic E-state index is 13.3. The number of rotatable bonds is 3. The van der Waals surface area contributed by atoms with Crippen molar-refractivity contribution in [2.24, 2.45) is 0 Å². The average Bonchev–Trinajstić information content (AvgIpc) is 2.55. The molecule has 2 aliphatic rings. The summed E-state index contributed by atoms with van der Waals surface area (Å²) in [5.74, 6) is 1.97. The Balaban J connectivity index is 2.11. The molecule has 1 saturated carbocycles. The molecule has 4 nitrogen and oxygen atoms in total. The van der Waals surface area contributed by atoms with Crippen LogP contribution in [0.1, 0.15) is 56.3 Å². The summed E-state index contributed by atoms with van der Waals surface area (Å²) in [5.41, 5.74) is 0.873. The molecule has 3 rings (SSSR count). The Labute approximate surface area is 138 Å². The number of amides is 1. The van der Waals surface area contributed by atoms with Gasteiger partial charge in [0.15, 0.2) is 0 Å². The second kappa shape index (κ2) is 5.90. The Kier molecular flexibility index (Phi) is 4.08. The van der Waals surface area contributed by atoms with Gasteiger partial charge in [0.1, 0.15) is 5.54 Å². The first-order chi connectivity index (χ1) is 11.1. The first-order valence-corrected chi connectivity index (χ1v) is 8.40. The van der Waals surface area contributed by atoms with Gasteiger partial charge in [-0.05, 0) is 31.9 Å². The molecule has 0 spiro atoms. The zero-order valence-corrected chi connectivity index (χ0v) is 13.9. The first kappa shape index (κ1) is 15.9. The van der Waals surface area contributed by atoms with E-state index in [0.717, 1.165) is 31.4 Å². The molecule has 0 radical (unpaired) electrons. The molecule has 0 bridgehead atoms. The van der Waals surface area contributed by atoms with Crippen molar-refractivity contribution in [3.63, 3.8) is 0 Å². The molecule has 0 aromatic heterocycles. The van der Waals surface area contributed by atoms with Gasteiger partial charge in [-0.1, -0.05) is 37.3 Å². The van der Waals surface area contributed by atoms with E-state index >= 15 is 0 Å². The van der Waals surface area contributed by atoms with E-state index in [-0.39, 0.29) is 5.91 Å². The Bertz CT molecular complexity index is 643. The number of nitrogens with one attached hydrogen (secondary N) is 1. The summed E-state index contributed by atoms with van der Waals surface area (Å²) in [4.78, 5) is 15.1. The Morgan fingerprint density at radius 1 is 1.30 bits per heavy atom. The zero-order valence-electron chi connectivity index (χ0n) is 13.9. The molecule has 4 heteroatoms. The first-order valence-electron chi connectivity index (χ1n) is 8.40. The number of fused-ring (bicyclic) bond motifs is 1. The molecule has 1 aliphatic carbocycles. The van der Waals surface area contributed by atoms with Crippen molar-refractivity contribution in [3.05, 3.63) is 29.8 Å². The van der Waals surface area contributed by atoms with Gasteiger partial charge in [-0.3, -0.25) is 9.69 Å². The van der Waals surface area contributed by atoms with Crippen molar-refractivity contribution >= 4 is 11.6 Å². The molecule has 1 N–H and O–H groups in total. The molecule has 1 amide bonds. The second-order valence-corrected chi connectivity index (χ2v) is 6.46. The van der Waals surface area contributed by atoms with Gasteiger partial charge in [-0.2, -0.15) is 0 Å². The number of para-hydroxylation sites is 1. The summed E-state index contributed by atoms with van der Waals surface area (Å²) in [6, 6.07) is 7.55. The Hall–Kier alpha value is -1.99. The number of hydrogen-bond acceptors (Lipinski definition) is 3. The van der Waals surface area contributed by atoms with Gasteiger partial charge in [0.2, 0.25) is 5.85 Å². The largest absolute Gasteiger partial charge is 0.340 e. The number of nitrogens with zero attached hydrogens (tertiary/aromatic N) is 1. The van der Waals surface area contributed by atoms with E-state index in [9.17, 15) is 4.79 Å². The minimum absolute atomic E-state index is 0.0462. The van der Waals surface area contributed by atoms with Crippen molar-refractivity contribution < 1.29 is 9.53 Å². The topological polar surface area (TPSA) is 41.6 Å². The third-order valence-corrected chi connectivity index (χ3v) is 4.96. The van der Waals surface area contributed by atoms with Crippen LogP contribution >= 0.6 is 0 Å². The molecule has 1 unspecified atom stereocenters. The molecule has 1 aromatic rings. The van der Waals surface area contributed by atoms with E-state index in [0.29, 0.717) is 12.2 Å². The van der Waals surface area contributed by atoms with E-state index in [4.69, 9.17) is 11.2 Å². The van der Waals surface area contributed by atoms with Gasteiger partial charge in [0.25, 0.3) is 5.91 Å². The molecule has 1 aliphatic heterocycles. The van der Waals surface area contributed by atoms with Crippen molar-refractivity contribution in [2.75, 3.05) is 11.9 Å². The lowest BCUT2D eigenvalue weighted by atomic mass is 9.79. The highest BCUT2D eigenvalue weighted by Gasteiger charge is 2.52. The van der Waals surface area contributed by atoms with Crippen molar-refractivity contribution in [1.29, 1.82) is 0 Å². The lowest BCUT2D eigenvalue weighted by molar-refractivity contribution is -0.136. The molecule has 122 valence electrons. The Morgan fingerprint density at radius 2 is 2.00 bits per heavy atom. The summed E-state index contributed by atoms with van der Waals surface area (Å²) in [5, 5.41) is 3.40. The molecular formula is C19H24N2O2. The smallest absolute Gasteiger partial charge is 0.260 e. The number of carbonyl (C=O) groups excluding carboxylic acids is 1. The van der Waals surface area contributed by atoms with Crippen LogP contribution in [0.15, 0.2) is 24.3 Å². The van der Waals surface area contributed by atoms with Crippen LogP contribution in [0.3, 0.4) is 0 Å². The summed E-state index contributed by atoms with van der Waals surface area (Å²) < 4.78 is 5.99. The van der Waals surface area contributed by atoms with E-state index in [1.807, 2.05) is 38.1 Å². The molecule has 1 heterocycles. The van der Waals surface area contributed by atoms with E-state index in [1.165, 1.54) is 6.42 Å². The van der Waals surface area contributed by atoms with Crippen LogP contribution in [0.25, 0.3) is 0 Å². The molecule has 1 aromatic carbocycles. The lowest BCUT2D eigenvalue weighted by Gasteiger charge is -2.54. The summed E-state index contributed by atoms with van der Waals surface area (Å²) in [6.07, 6.45) is 10.8. The zero-order chi connectivity index (χ0) is 16.5. The van der Waals surface area contributed by atoms with Crippen LogP contribution in [0.4, 0.5) is 5.69 Å². The fourth-order valence-corrected chi connectivity index (χ4v) is 3.95. The van der Waals surface area contributed by atoms with Crippen LogP contribution in [0, 0.1) is 12.3 Å². The van der Waals surface area contributed by atoms with Gasteiger partial charge in [0.05, 0.1) is 11.3 Å². The van der Waals surface area contributed by atoms with Crippen molar-refractivity contribution in [2.45, 2.75) is 57.3 Å². The SMILES string of the molecule is C#CC1(N2C(=O)c3ccccc3NC2(C)OCC)CCCCC1. The van der Waals surface area contributed by atoms with E-state index in [2.05, 4.69) is 11.2 Å². The molecule has 23 heavy (non-hydrogen) atoms. The monoisotopic (exact) mass is 312 g/mol. The maximum absolute atomic E-state index is 13.3. The van der Waals surface area contributed by atoms with Crippen LogP contribution in [0.5, 0.6) is 0 Å². The van der Waals surface area contributed by atoms with Crippen LogP contribution < -0.4 is 5.32 Å². The Morgan fingerprint density at radius 3 is 2.65 bits per heavy atom. The third-order valence-electron chi connectivity index (χ3n) is 4.96. The summed E-state index contributed by atoms with van der Waals surface area (Å²) in [7, 11) is 0.